The molecule has 2 heterocycles. The molecule has 1 aromatic heterocycles. The van der Waals surface area contributed by atoms with Crippen LogP contribution in [-0.2, 0) is 6.42 Å². The lowest BCUT2D eigenvalue weighted by Crippen LogP contribution is -2.41. The predicted octanol–water partition coefficient (Wildman–Crippen LogP) is 4.01. The van der Waals surface area contributed by atoms with Crippen molar-refractivity contribution in [2.24, 2.45) is 0 Å². The van der Waals surface area contributed by atoms with Gasteiger partial charge < -0.3 is 10.2 Å². The molecule has 6 heteroatoms. The van der Waals surface area contributed by atoms with Crippen LogP contribution in [0.2, 0.25) is 0 Å². The molecule has 0 bridgehead atoms. The molecule has 0 saturated carbocycles. The largest absolute Gasteiger partial charge is 0.331 e. The minimum absolute atomic E-state index is 0.0122. The molecule has 2 amide bonds. The molecule has 1 fully saturated rings. The number of likely N-dealkylation sites (tertiary alicyclic amines) is 1. The second kappa shape index (κ2) is 7.11. The van der Waals surface area contributed by atoms with Crippen LogP contribution in [0.5, 0.6) is 0 Å². The summed E-state index contributed by atoms with van der Waals surface area (Å²) in [6, 6.07) is 18.3. The molecule has 1 unspecified atom stereocenters. The number of H-pyrrole nitrogens is 1. The van der Waals surface area contributed by atoms with E-state index in [0.717, 1.165) is 43.6 Å². The normalized spacial score (nSPS) is 20.9. The minimum atomic E-state index is -0.0541. The first-order chi connectivity index (χ1) is 13.8. The average molecular weight is 373 g/mol. The van der Waals surface area contributed by atoms with Gasteiger partial charge in [0.15, 0.2) is 5.82 Å². The highest BCUT2D eigenvalue weighted by atomic mass is 16.2. The van der Waals surface area contributed by atoms with E-state index in [9.17, 15) is 4.79 Å². The molecule has 3 aromatic rings. The van der Waals surface area contributed by atoms with Gasteiger partial charge in [-0.3, -0.25) is 5.10 Å². The Kier molecular flexibility index (Phi) is 4.31. The third kappa shape index (κ3) is 3.05. The molecule has 1 aliphatic carbocycles. The minimum Gasteiger partial charge on any atom is -0.331 e. The summed E-state index contributed by atoms with van der Waals surface area (Å²) < 4.78 is 0. The van der Waals surface area contributed by atoms with E-state index >= 15 is 0 Å². The summed E-state index contributed by atoms with van der Waals surface area (Å²) in [7, 11) is 0. The van der Waals surface area contributed by atoms with Crippen LogP contribution in [0.15, 0.2) is 54.6 Å². The Morgan fingerprint density at radius 3 is 2.79 bits per heavy atom. The van der Waals surface area contributed by atoms with E-state index in [1.54, 1.807) is 0 Å². The summed E-state index contributed by atoms with van der Waals surface area (Å²) in [6.45, 7) is 0.742. The molecule has 1 aliphatic heterocycles. The van der Waals surface area contributed by atoms with Crippen LogP contribution in [0.25, 0.3) is 11.4 Å². The van der Waals surface area contributed by atoms with Crippen molar-refractivity contribution in [1.29, 1.82) is 0 Å². The lowest BCUT2D eigenvalue weighted by molar-refractivity contribution is 0.187. The highest BCUT2D eigenvalue weighted by Gasteiger charge is 2.34. The molecule has 2 aromatic carbocycles. The number of benzene rings is 2. The van der Waals surface area contributed by atoms with Crippen LogP contribution in [0.1, 0.15) is 48.3 Å². The summed E-state index contributed by atoms with van der Waals surface area (Å²) in [6.07, 6.45) is 3.86. The second-order valence-corrected chi connectivity index (χ2v) is 7.50. The van der Waals surface area contributed by atoms with E-state index in [-0.39, 0.29) is 18.1 Å². The Bertz CT molecular complexity index is 983. The first kappa shape index (κ1) is 17.0. The maximum atomic E-state index is 13.0. The molecule has 0 radical (unpaired) electrons. The van der Waals surface area contributed by atoms with Crippen LogP contribution in [0, 0.1) is 0 Å². The van der Waals surface area contributed by atoms with Gasteiger partial charge in [0.2, 0.25) is 0 Å². The zero-order chi connectivity index (χ0) is 18.9. The number of nitrogens with zero attached hydrogens (tertiary/aromatic N) is 3. The third-order valence-corrected chi connectivity index (χ3v) is 5.79. The topological polar surface area (TPSA) is 73.9 Å². The number of carbonyl (C=O) groups is 1. The number of hydrogen-bond acceptors (Lipinski definition) is 3. The number of aryl methyl sites for hydroxylation is 1. The molecular weight excluding hydrogens is 350 g/mol. The van der Waals surface area contributed by atoms with Crippen LogP contribution >= 0.6 is 0 Å². The number of urea groups is 1. The summed E-state index contributed by atoms with van der Waals surface area (Å²) in [5, 5.41) is 10.7. The molecule has 1 saturated heterocycles. The number of carbonyl (C=O) groups excluding carboxylic acids is 1. The maximum Gasteiger partial charge on any atom is 0.318 e. The van der Waals surface area contributed by atoms with Gasteiger partial charge in [-0.1, -0.05) is 54.6 Å². The third-order valence-electron chi connectivity index (χ3n) is 5.79. The van der Waals surface area contributed by atoms with Crippen molar-refractivity contribution in [1.82, 2.24) is 25.4 Å². The summed E-state index contributed by atoms with van der Waals surface area (Å²) in [5.41, 5.74) is 3.56. The van der Waals surface area contributed by atoms with Crippen molar-refractivity contribution in [3.8, 4) is 11.4 Å². The summed E-state index contributed by atoms with van der Waals surface area (Å²) in [4.78, 5) is 19.6. The second-order valence-electron chi connectivity index (χ2n) is 7.50. The van der Waals surface area contributed by atoms with Gasteiger partial charge in [-0.05, 0) is 36.8 Å². The van der Waals surface area contributed by atoms with Crippen molar-refractivity contribution in [2.45, 2.75) is 37.8 Å². The average Bonchev–Trinajstić information content (AvgIpc) is 3.48. The van der Waals surface area contributed by atoms with Crippen LogP contribution in [-0.4, -0.2) is 32.7 Å². The molecule has 28 heavy (non-hydrogen) atoms. The quantitative estimate of drug-likeness (QED) is 0.729. The smallest absolute Gasteiger partial charge is 0.318 e. The number of rotatable bonds is 3. The van der Waals surface area contributed by atoms with E-state index in [1.807, 2.05) is 41.3 Å². The fraction of sp³-hybridized carbons (Fsp3) is 0.318. The standard InChI is InChI=1S/C22H23N5O/c28-22(23-18-13-12-15-7-4-5-10-17(15)18)27-14-6-11-19(27)21-24-20(25-26-21)16-8-2-1-3-9-16/h1-5,7-10,18-19H,6,11-14H2,(H,23,28)(H,24,25,26)/t18-,19?/m1/s1. The van der Waals surface area contributed by atoms with Crippen LogP contribution in [0.4, 0.5) is 4.79 Å². The van der Waals surface area contributed by atoms with Gasteiger partial charge in [-0.15, -0.1) is 0 Å². The zero-order valence-electron chi connectivity index (χ0n) is 15.6. The van der Waals surface area contributed by atoms with Gasteiger partial charge in [0, 0.05) is 12.1 Å². The van der Waals surface area contributed by atoms with Crippen LogP contribution < -0.4 is 5.32 Å². The van der Waals surface area contributed by atoms with Gasteiger partial charge in [0.05, 0.1) is 12.1 Å². The number of aromatic amines is 1. The maximum absolute atomic E-state index is 13.0. The van der Waals surface area contributed by atoms with Crippen molar-refractivity contribution >= 4 is 6.03 Å². The number of fused-ring (bicyclic) bond motifs is 1. The molecule has 6 nitrogen and oxygen atoms in total. The summed E-state index contributed by atoms with van der Waals surface area (Å²) >= 11 is 0. The van der Waals surface area contributed by atoms with Gasteiger partial charge in [-0.25, -0.2) is 9.78 Å². The molecule has 2 N–H and O–H groups in total. The van der Waals surface area contributed by atoms with Gasteiger partial charge in [-0.2, -0.15) is 5.10 Å². The van der Waals surface area contributed by atoms with Crippen molar-refractivity contribution in [3.63, 3.8) is 0 Å². The molecule has 2 atom stereocenters. The Morgan fingerprint density at radius 2 is 1.89 bits per heavy atom. The fourth-order valence-electron chi connectivity index (χ4n) is 4.37. The van der Waals surface area contributed by atoms with Gasteiger partial charge >= 0.3 is 6.03 Å². The van der Waals surface area contributed by atoms with Crippen molar-refractivity contribution in [3.05, 3.63) is 71.5 Å². The molecule has 142 valence electrons. The first-order valence-electron chi connectivity index (χ1n) is 9.92. The van der Waals surface area contributed by atoms with E-state index in [4.69, 9.17) is 0 Å². The molecule has 2 aliphatic rings. The molecule has 0 spiro atoms. The van der Waals surface area contributed by atoms with E-state index < -0.39 is 0 Å². The lowest BCUT2D eigenvalue weighted by Gasteiger charge is -2.25. The van der Waals surface area contributed by atoms with Gasteiger partial charge in [0.1, 0.15) is 5.82 Å². The molecular formula is C22H23N5O. The van der Waals surface area contributed by atoms with E-state index in [1.165, 1.54) is 11.1 Å². The first-order valence-corrected chi connectivity index (χ1v) is 9.92. The predicted molar refractivity (Wildman–Crippen MR) is 107 cm³/mol. The Balaban J connectivity index is 1.32. The monoisotopic (exact) mass is 373 g/mol. The number of hydrogen-bond donors (Lipinski definition) is 2. The number of amides is 2. The van der Waals surface area contributed by atoms with E-state index in [0.29, 0.717) is 5.82 Å². The highest BCUT2D eigenvalue weighted by Crippen LogP contribution is 2.34. The summed E-state index contributed by atoms with van der Waals surface area (Å²) in [5.74, 6) is 1.44. The lowest BCUT2D eigenvalue weighted by atomic mass is 10.1. The SMILES string of the molecule is O=C(N[C@@H]1CCc2ccccc21)N1CCCC1c1nc(-c2ccccc2)n[nH]1. The number of nitrogens with one attached hydrogen (secondary N) is 2. The van der Waals surface area contributed by atoms with Crippen LogP contribution in [0.3, 0.4) is 0 Å². The van der Waals surface area contributed by atoms with E-state index in [2.05, 4.69) is 38.7 Å². The number of aromatic nitrogens is 3. The zero-order valence-corrected chi connectivity index (χ0v) is 15.6. The Morgan fingerprint density at radius 1 is 1.07 bits per heavy atom. The Hall–Kier alpha value is -3.15. The highest BCUT2D eigenvalue weighted by molar-refractivity contribution is 5.75. The van der Waals surface area contributed by atoms with Gasteiger partial charge in [0.25, 0.3) is 0 Å². The Labute approximate surface area is 164 Å². The molecule has 5 rings (SSSR count). The van der Waals surface area contributed by atoms with Crippen molar-refractivity contribution in [2.75, 3.05) is 6.54 Å². The van der Waals surface area contributed by atoms with Crippen molar-refractivity contribution < 1.29 is 4.79 Å². The fourth-order valence-corrected chi connectivity index (χ4v) is 4.37.